The maximum atomic E-state index is 12.7. The van der Waals surface area contributed by atoms with Gasteiger partial charge in [0.05, 0.1) is 21.7 Å². The molecule has 0 aliphatic rings. The summed E-state index contributed by atoms with van der Waals surface area (Å²) in [5, 5.41) is 0.189. The Balaban J connectivity index is 2.34. The second-order valence-corrected chi connectivity index (χ2v) is 7.71. The van der Waals surface area contributed by atoms with E-state index in [1.54, 1.807) is 32.9 Å². The Morgan fingerprint density at radius 2 is 1.86 bits per heavy atom. The average Bonchev–Trinajstić information content (AvgIpc) is 2.60. The van der Waals surface area contributed by atoms with E-state index in [2.05, 4.69) is 4.98 Å². The number of carbonyl (C=O) groups is 3. The summed E-state index contributed by atoms with van der Waals surface area (Å²) in [5.74, 6) is -1.59. The molecule has 2 aromatic rings. The summed E-state index contributed by atoms with van der Waals surface area (Å²) in [6, 6.07) is 4.70. The molecule has 0 fully saturated rings. The van der Waals surface area contributed by atoms with Gasteiger partial charge in [-0.25, -0.2) is 14.4 Å². The van der Waals surface area contributed by atoms with Gasteiger partial charge in [-0.1, -0.05) is 36.2 Å². The van der Waals surface area contributed by atoms with Crippen molar-refractivity contribution in [1.82, 2.24) is 4.98 Å². The van der Waals surface area contributed by atoms with Crippen LogP contribution in [0.15, 0.2) is 24.4 Å². The lowest BCUT2D eigenvalue weighted by molar-refractivity contribution is -0.176. The van der Waals surface area contributed by atoms with Crippen LogP contribution in [0.4, 0.5) is 4.79 Å². The van der Waals surface area contributed by atoms with E-state index in [1.165, 1.54) is 12.3 Å². The first-order valence-electron chi connectivity index (χ1n) is 8.21. The Labute approximate surface area is 175 Å². The highest BCUT2D eigenvalue weighted by molar-refractivity contribution is 8.13. The van der Waals surface area contributed by atoms with E-state index < -0.39 is 29.6 Å². The van der Waals surface area contributed by atoms with E-state index >= 15 is 0 Å². The minimum atomic E-state index is -1.87. The zero-order chi connectivity index (χ0) is 20.8. The number of hydrogen-bond donors (Lipinski definition) is 0. The molecular formula is C18H17Cl2NO6S. The van der Waals surface area contributed by atoms with Gasteiger partial charge in [0.1, 0.15) is 5.56 Å². The van der Waals surface area contributed by atoms with Crippen LogP contribution in [0.25, 0.3) is 10.9 Å². The molecule has 1 aromatic carbocycles. The van der Waals surface area contributed by atoms with E-state index in [0.717, 1.165) is 11.8 Å². The number of esters is 2. The second-order valence-electron chi connectivity index (χ2n) is 5.67. The Hall–Kier alpha value is -2.03. The molecule has 0 saturated heterocycles. The molecule has 0 N–H and O–H groups in total. The summed E-state index contributed by atoms with van der Waals surface area (Å²) in [7, 11) is 0. The summed E-state index contributed by atoms with van der Waals surface area (Å²) in [6.07, 6.45) is -1.03. The normalized spacial score (nSPS) is 11.9. The van der Waals surface area contributed by atoms with Gasteiger partial charge in [-0.05, 0) is 37.7 Å². The fraction of sp³-hybridized carbons (Fsp3) is 0.333. The Kier molecular flexibility index (Phi) is 7.91. The number of nitrogens with zero attached hydrogens (tertiary/aromatic N) is 1. The number of fused-ring (bicyclic) bond motifs is 1. The van der Waals surface area contributed by atoms with E-state index in [9.17, 15) is 14.4 Å². The van der Waals surface area contributed by atoms with Crippen molar-refractivity contribution in [2.24, 2.45) is 0 Å². The number of thioether (sulfide) groups is 1. The van der Waals surface area contributed by atoms with E-state index in [0.29, 0.717) is 16.2 Å². The fourth-order valence-corrected chi connectivity index (χ4v) is 2.94. The highest BCUT2D eigenvalue weighted by atomic mass is 35.5. The third-order valence-electron chi connectivity index (χ3n) is 3.20. The SMILES string of the molecule is CCSC(=O)OC(OC(=O)c1c(Cl)ccc2cc(Cl)cnc12)C(=O)OC(C)C. The van der Waals surface area contributed by atoms with Crippen molar-refractivity contribution in [3.8, 4) is 0 Å². The first-order chi connectivity index (χ1) is 13.2. The summed E-state index contributed by atoms with van der Waals surface area (Å²) in [6.45, 7) is 4.94. The number of rotatable bonds is 6. The van der Waals surface area contributed by atoms with Gasteiger partial charge in [0.25, 0.3) is 0 Å². The van der Waals surface area contributed by atoms with Crippen LogP contribution in [-0.2, 0) is 19.0 Å². The summed E-state index contributed by atoms with van der Waals surface area (Å²) < 4.78 is 15.0. The van der Waals surface area contributed by atoms with Gasteiger partial charge in [0.2, 0.25) is 0 Å². The third-order valence-corrected chi connectivity index (χ3v) is 4.34. The second kappa shape index (κ2) is 9.95. The number of benzene rings is 1. The van der Waals surface area contributed by atoms with Crippen LogP contribution in [-0.4, -0.2) is 40.4 Å². The molecule has 1 unspecified atom stereocenters. The van der Waals surface area contributed by atoms with Crippen LogP contribution in [0, 0.1) is 0 Å². The largest absolute Gasteiger partial charge is 0.457 e. The minimum Gasteiger partial charge on any atom is -0.457 e. The zero-order valence-corrected chi connectivity index (χ0v) is 17.6. The van der Waals surface area contributed by atoms with Gasteiger partial charge in [0, 0.05) is 17.3 Å². The number of pyridine rings is 1. The Morgan fingerprint density at radius 1 is 1.14 bits per heavy atom. The van der Waals surface area contributed by atoms with Crippen LogP contribution in [0.3, 0.4) is 0 Å². The standard InChI is InChI=1S/C18H17Cl2NO6S/c1-4-28-18(24)27-17(16(23)25-9(2)3)26-15(22)13-12(20)6-5-10-7-11(19)8-21-14(10)13/h5-9,17H,4H2,1-3H3. The minimum absolute atomic E-state index is 0.0533. The fourth-order valence-electron chi connectivity index (χ4n) is 2.15. The average molecular weight is 446 g/mol. The van der Waals surface area contributed by atoms with Gasteiger partial charge >= 0.3 is 23.5 Å². The molecule has 1 atom stereocenters. The van der Waals surface area contributed by atoms with Crippen molar-refractivity contribution < 1.29 is 28.6 Å². The lowest BCUT2D eigenvalue weighted by Crippen LogP contribution is -2.34. The number of aromatic nitrogens is 1. The zero-order valence-electron chi connectivity index (χ0n) is 15.2. The lowest BCUT2D eigenvalue weighted by atomic mass is 10.1. The molecule has 0 aliphatic carbocycles. The molecule has 0 amide bonds. The summed E-state index contributed by atoms with van der Waals surface area (Å²) in [5.41, 5.74) is 0.143. The Morgan fingerprint density at radius 3 is 2.50 bits per heavy atom. The topological polar surface area (TPSA) is 91.8 Å². The molecule has 2 rings (SSSR count). The molecule has 10 heteroatoms. The number of ether oxygens (including phenoxy) is 3. The molecule has 150 valence electrons. The van der Waals surface area contributed by atoms with Crippen LogP contribution in [0.1, 0.15) is 31.1 Å². The van der Waals surface area contributed by atoms with Crippen molar-refractivity contribution in [1.29, 1.82) is 0 Å². The summed E-state index contributed by atoms with van der Waals surface area (Å²) >= 11 is 12.9. The number of carbonyl (C=O) groups excluding carboxylic acids is 3. The quantitative estimate of drug-likeness (QED) is 0.459. The first-order valence-corrected chi connectivity index (χ1v) is 9.95. The molecule has 0 radical (unpaired) electrons. The monoisotopic (exact) mass is 445 g/mol. The number of hydrogen-bond acceptors (Lipinski definition) is 8. The predicted octanol–water partition coefficient (Wildman–Crippen LogP) is 4.87. The molecular weight excluding hydrogens is 429 g/mol. The summed E-state index contributed by atoms with van der Waals surface area (Å²) in [4.78, 5) is 40.8. The van der Waals surface area contributed by atoms with Crippen LogP contribution in [0.5, 0.6) is 0 Å². The van der Waals surface area contributed by atoms with Gasteiger partial charge in [-0.2, -0.15) is 0 Å². The smallest absolute Gasteiger partial charge is 0.389 e. The van der Waals surface area contributed by atoms with Crippen molar-refractivity contribution >= 4 is 63.1 Å². The molecule has 0 bridgehead atoms. The van der Waals surface area contributed by atoms with Crippen molar-refractivity contribution in [2.45, 2.75) is 33.2 Å². The van der Waals surface area contributed by atoms with E-state index in [1.807, 2.05) is 0 Å². The van der Waals surface area contributed by atoms with Crippen LogP contribution in [0.2, 0.25) is 10.0 Å². The van der Waals surface area contributed by atoms with Crippen LogP contribution >= 0.6 is 35.0 Å². The van der Waals surface area contributed by atoms with Crippen molar-refractivity contribution in [2.75, 3.05) is 5.75 Å². The molecule has 7 nitrogen and oxygen atoms in total. The van der Waals surface area contributed by atoms with Gasteiger partial charge in [0.15, 0.2) is 0 Å². The maximum Gasteiger partial charge on any atom is 0.389 e. The molecule has 0 aliphatic heterocycles. The van der Waals surface area contributed by atoms with Gasteiger partial charge < -0.3 is 14.2 Å². The molecule has 0 saturated carbocycles. The first kappa shape index (κ1) is 22.3. The maximum absolute atomic E-state index is 12.7. The van der Waals surface area contributed by atoms with Gasteiger partial charge in [-0.3, -0.25) is 4.98 Å². The highest BCUT2D eigenvalue weighted by Gasteiger charge is 2.31. The van der Waals surface area contributed by atoms with Crippen molar-refractivity contribution in [3.63, 3.8) is 0 Å². The lowest BCUT2D eigenvalue weighted by Gasteiger charge is -2.18. The third kappa shape index (κ3) is 5.73. The predicted molar refractivity (Wildman–Crippen MR) is 107 cm³/mol. The van der Waals surface area contributed by atoms with E-state index in [4.69, 9.17) is 37.4 Å². The van der Waals surface area contributed by atoms with Gasteiger partial charge in [-0.15, -0.1) is 0 Å². The highest BCUT2D eigenvalue weighted by Crippen LogP contribution is 2.28. The molecule has 28 heavy (non-hydrogen) atoms. The van der Waals surface area contributed by atoms with E-state index in [-0.39, 0.29) is 16.1 Å². The van der Waals surface area contributed by atoms with Crippen LogP contribution < -0.4 is 0 Å². The molecule has 1 heterocycles. The Bertz CT molecular complexity index is 905. The molecule has 0 spiro atoms. The van der Waals surface area contributed by atoms with Crippen molar-refractivity contribution in [3.05, 3.63) is 40.0 Å². The molecule has 1 aromatic heterocycles. The number of halogens is 2.